The molecule has 0 atom stereocenters. The summed E-state index contributed by atoms with van der Waals surface area (Å²) in [7, 11) is 0. The van der Waals surface area contributed by atoms with Crippen molar-refractivity contribution < 1.29 is 0 Å². The van der Waals surface area contributed by atoms with Crippen LogP contribution < -0.4 is 4.90 Å². The molecule has 79 heavy (non-hydrogen) atoms. The van der Waals surface area contributed by atoms with E-state index in [0.717, 1.165) is 44.9 Å². The second-order valence-electron chi connectivity index (χ2n) is 21.2. The molecule has 2 aliphatic rings. The van der Waals surface area contributed by atoms with Crippen molar-refractivity contribution in [1.29, 1.82) is 0 Å². The van der Waals surface area contributed by atoms with Gasteiger partial charge in [-0.15, -0.1) is 0 Å². The van der Waals surface area contributed by atoms with Gasteiger partial charge in [0.05, 0.1) is 22.1 Å². The van der Waals surface area contributed by atoms with Gasteiger partial charge in [-0.05, 0) is 173 Å². The highest BCUT2D eigenvalue weighted by Gasteiger charge is 2.51. The van der Waals surface area contributed by atoms with E-state index in [-0.39, 0.29) is 0 Å². The maximum Gasteiger partial charge on any atom is 0.0726 e. The average Bonchev–Trinajstić information content (AvgIpc) is 4.29. The highest BCUT2D eigenvalue weighted by atomic mass is 15.1. The lowest BCUT2D eigenvalue weighted by Gasteiger charge is -2.32. The van der Waals surface area contributed by atoms with E-state index in [1.54, 1.807) is 0 Å². The molecule has 2 nitrogen and oxygen atoms in total. The Bertz CT molecular complexity index is 4670. The van der Waals surface area contributed by atoms with Crippen LogP contribution >= 0.6 is 0 Å². The average molecular weight is 1000 g/mol. The molecule has 0 saturated heterocycles. The Morgan fingerprint density at radius 1 is 0.253 bits per heavy atom. The number of aromatic nitrogens is 1. The van der Waals surface area contributed by atoms with E-state index in [9.17, 15) is 0 Å². The van der Waals surface area contributed by atoms with Crippen molar-refractivity contribution in [2.24, 2.45) is 0 Å². The molecule has 0 amide bonds. The number of rotatable bonds is 8. The first-order valence-electron chi connectivity index (χ1n) is 27.4. The van der Waals surface area contributed by atoms with Crippen LogP contribution in [0.1, 0.15) is 22.3 Å². The van der Waals surface area contributed by atoms with Gasteiger partial charge in [-0.3, -0.25) is 0 Å². The van der Waals surface area contributed by atoms with Crippen molar-refractivity contribution >= 4 is 49.6 Å². The lowest BCUT2D eigenvalue weighted by atomic mass is 9.70. The van der Waals surface area contributed by atoms with Crippen molar-refractivity contribution in [3.05, 3.63) is 326 Å². The van der Waals surface area contributed by atoms with Crippen LogP contribution in [0.5, 0.6) is 0 Å². The first kappa shape index (κ1) is 45.0. The molecule has 0 saturated carbocycles. The molecule has 0 bridgehead atoms. The molecule has 2 heteroatoms. The summed E-state index contributed by atoms with van der Waals surface area (Å²) in [4.78, 5) is 2.47. The minimum Gasteiger partial charge on any atom is -0.310 e. The van der Waals surface area contributed by atoms with Crippen LogP contribution in [-0.4, -0.2) is 4.57 Å². The van der Waals surface area contributed by atoms with Gasteiger partial charge in [-0.1, -0.05) is 224 Å². The molecule has 0 N–H and O–H groups in total. The molecular weight excluding hydrogens is 953 g/mol. The van der Waals surface area contributed by atoms with Crippen molar-refractivity contribution in [2.45, 2.75) is 5.41 Å². The van der Waals surface area contributed by atoms with Crippen LogP contribution in [0.15, 0.2) is 303 Å². The van der Waals surface area contributed by atoms with Gasteiger partial charge >= 0.3 is 0 Å². The summed E-state index contributed by atoms with van der Waals surface area (Å²) in [6, 6.07) is 113. The molecular formula is C77H50N2. The molecule has 368 valence electrons. The molecule has 0 unspecified atom stereocenters. The monoisotopic (exact) mass is 1000 g/mol. The molecule has 1 heterocycles. The summed E-state index contributed by atoms with van der Waals surface area (Å²) < 4.78 is 2.48. The first-order chi connectivity index (χ1) is 39.2. The predicted octanol–water partition coefficient (Wildman–Crippen LogP) is 20.4. The molecule has 2 aliphatic carbocycles. The Labute approximate surface area is 460 Å². The minimum absolute atomic E-state index is 0.460. The fourth-order valence-electron chi connectivity index (χ4n) is 13.5. The number of benzene rings is 13. The summed E-state index contributed by atoms with van der Waals surface area (Å²) >= 11 is 0. The lowest BCUT2D eigenvalue weighted by molar-refractivity contribution is 0.793. The van der Waals surface area contributed by atoms with E-state index in [2.05, 4.69) is 313 Å². The Morgan fingerprint density at radius 3 is 1.49 bits per heavy atom. The van der Waals surface area contributed by atoms with Crippen molar-refractivity contribution in [2.75, 3.05) is 4.90 Å². The second-order valence-corrected chi connectivity index (χ2v) is 21.2. The minimum atomic E-state index is -0.460. The van der Waals surface area contributed by atoms with Gasteiger partial charge in [0, 0.05) is 33.4 Å². The number of anilines is 3. The maximum atomic E-state index is 2.49. The number of fused-ring (bicyclic) bond motifs is 14. The summed E-state index contributed by atoms with van der Waals surface area (Å²) in [5.41, 5.74) is 26.2. The molecule has 1 aromatic heterocycles. The molecule has 13 aromatic carbocycles. The summed E-state index contributed by atoms with van der Waals surface area (Å²) in [6.45, 7) is 0. The van der Waals surface area contributed by atoms with E-state index in [4.69, 9.17) is 0 Å². The highest BCUT2D eigenvalue weighted by Crippen LogP contribution is 2.63. The van der Waals surface area contributed by atoms with E-state index >= 15 is 0 Å². The van der Waals surface area contributed by atoms with E-state index in [1.807, 2.05) is 0 Å². The Hall–Kier alpha value is -10.3. The fourth-order valence-corrected chi connectivity index (χ4v) is 13.5. The van der Waals surface area contributed by atoms with Crippen LogP contribution in [0, 0.1) is 0 Å². The molecule has 16 rings (SSSR count). The van der Waals surface area contributed by atoms with E-state index < -0.39 is 5.41 Å². The summed E-state index contributed by atoms with van der Waals surface area (Å²) in [5.74, 6) is 0. The van der Waals surface area contributed by atoms with Crippen molar-refractivity contribution in [1.82, 2.24) is 4.57 Å². The van der Waals surface area contributed by atoms with Crippen LogP contribution in [-0.2, 0) is 5.41 Å². The van der Waals surface area contributed by atoms with Crippen LogP contribution in [0.25, 0.3) is 105 Å². The van der Waals surface area contributed by atoms with Gasteiger partial charge in [0.2, 0.25) is 0 Å². The first-order valence-corrected chi connectivity index (χ1v) is 27.4. The largest absolute Gasteiger partial charge is 0.310 e. The van der Waals surface area contributed by atoms with Gasteiger partial charge in [-0.25, -0.2) is 0 Å². The van der Waals surface area contributed by atoms with Crippen LogP contribution in [0.2, 0.25) is 0 Å². The predicted molar refractivity (Wildman–Crippen MR) is 331 cm³/mol. The SMILES string of the molecule is c1ccc(-c2cccc(-c3cc(-c4ccc5ccccc5c4)cc(-n4c5ccccc5c5cc(-c6ccccc6N(c6ccccc6)c6ccc7c(c6)C6(c8ccccc8-c8ccccc86)c6ccccc6-7)ccc54)c3)c2)cc1. The van der Waals surface area contributed by atoms with Gasteiger partial charge < -0.3 is 9.47 Å². The zero-order chi connectivity index (χ0) is 52.0. The third-order valence-electron chi connectivity index (χ3n) is 16.9. The molecule has 14 aromatic rings. The van der Waals surface area contributed by atoms with Crippen LogP contribution in [0.3, 0.4) is 0 Å². The molecule has 0 fully saturated rings. The van der Waals surface area contributed by atoms with Gasteiger partial charge in [0.15, 0.2) is 0 Å². The van der Waals surface area contributed by atoms with Gasteiger partial charge in [0.25, 0.3) is 0 Å². The zero-order valence-electron chi connectivity index (χ0n) is 43.3. The molecule has 1 spiro atoms. The Kier molecular flexibility index (Phi) is 10.2. The summed E-state index contributed by atoms with van der Waals surface area (Å²) in [5, 5.41) is 4.87. The molecule has 0 aliphatic heterocycles. The quantitative estimate of drug-likeness (QED) is 0.147. The molecule has 0 radical (unpaired) electrons. The second kappa shape index (κ2) is 17.9. The summed E-state index contributed by atoms with van der Waals surface area (Å²) in [6.07, 6.45) is 0. The van der Waals surface area contributed by atoms with Gasteiger partial charge in [-0.2, -0.15) is 0 Å². The normalized spacial score (nSPS) is 12.7. The standard InChI is InChI=1S/C77H50N2/c1-3-20-51(21-4-1)54-24-19-25-55(44-54)58-46-59(56-39-38-52-22-7-8-23-53(52)45-56)48-62(47-58)79-75-37-18-13-32-68(75)69-49-57(40-43-76(69)79)63-28-12-17-36-74(63)78(60-26-5-2-6-27-60)61-41-42-67-66-31-11-16-35-72(66)77(73(67)50-61)70-33-14-9-29-64(70)65-30-10-15-34-71(65)77/h1-50H. The number of nitrogens with zero attached hydrogens (tertiary/aromatic N) is 2. The van der Waals surface area contributed by atoms with E-state index in [1.165, 1.54) is 99.4 Å². The highest BCUT2D eigenvalue weighted by molar-refractivity contribution is 6.11. The van der Waals surface area contributed by atoms with Crippen molar-refractivity contribution in [3.8, 4) is 72.4 Å². The van der Waals surface area contributed by atoms with E-state index in [0.29, 0.717) is 0 Å². The number of para-hydroxylation sites is 3. The smallest absolute Gasteiger partial charge is 0.0726 e. The Balaban J connectivity index is 0.871. The maximum absolute atomic E-state index is 2.49. The third-order valence-corrected chi connectivity index (χ3v) is 16.9. The van der Waals surface area contributed by atoms with Crippen molar-refractivity contribution in [3.63, 3.8) is 0 Å². The topological polar surface area (TPSA) is 8.17 Å². The Morgan fingerprint density at radius 2 is 0.772 bits per heavy atom. The third kappa shape index (κ3) is 6.98. The number of hydrogen-bond acceptors (Lipinski definition) is 1. The number of hydrogen-bond donors (Lipinski definition) is 0. The van der Waals surface area contributed by atoms with Gasteiger partial charge in [0.1, 0.15) is 0 Å². The van der Waals surface area contributed by atoms with Crippen LogP contribution in [0.4, 0.5) is 17.1 Å². The zero-order valence-corrected chi connectivity index (χ0v) is 43.3. The fraction of sp³-hybridized carbons (Fsp3) is 0.0130. The lowest BCUT2D eigenvalue weighted by Crippen LogP contribution is -2.26.